The van der Waals surface area contributed by atoms with Crippen molar-refractivity contribution in [2.24, 2.45) is 5.92 Å². The second-order valence-electron chi connectivity index (χ2n) is 6.96. The van der Waals surface area contributed by atoms with E-state index in [1.807, 2.05) is 24.4 Å². The van der Waals surface area contributed by atoms with Crippen molar-refractivity contribution in [3.63, 3.8) is 0 Å². The number of aromatic nitrogens is 5. The Morgan fingerprint density at radius 2 is 2.11 bits per heavy atom. The van der Waals surface area contributed by atoms with Gasteiger partial charge in [0.2, 0.25) is 5.95 Å². The van der Waals surface area contributed by atoms with Gasteiger partial charge in [0.15, 0.2) is 0 Å². The molecule has 0 saturated carbocycles. The fourth-order valence-corrected chi connectivity index (χ4v) is 4.26. The maximum Gasteiger partial charge on any atom is 0.248 e. The Morgan fingerprint density at radius 3 is 3.00 bits per heavy atom. The van der Waals surface area contributed by atoms with Crippen LogP contribution in [0.15, 0.2) is 36.5 Å². The van der Waals surface area contributed by atoms with E-state index >= 15 is 0 Å². The van der Waals surface area contributed by atoms with Crippen LogP contribution in [0.5, 0.6) is 0 Å². The summed E-state index contributed by atoms with van der Waals surface area (Å²) in [7, 11) is 0. The Balaban J connectivity index is 1.37. The highest BCUT2D eigenvalue weighted by molar-refractivity contribution is 6.43. The summed E-state index contributed by atoms with van der Waals surface area (Å²) < 4.78 is 1.55. The molecule has 0 unspecified atom stereocenters. The predicted octanol–water partition coefficient (Wildman–Crippen LogP) is 2.38. The van der Waals surface area contributed by atoms with Crippen molar-refractivity contribution in [1.82, 2.24) is 30.5 Å². The van der Waals surface area contributed by atoms with Gasteiger partial charge in [0.05, 0.1) is 15.7 Å². The first-order chi connectivity index (χ1) is 13.7. The Morgan fingerprint density at radius 1 is 1.18 bits per heavy atom. The van der Waals surface area contributed by atoms with Gasteiger partial charge in [-0.05, 0) is 28.6 Å². The SMILES string of the molecule is Clc1cccc(-n2nnnc2NCc2cccnc2N2C[C@@H]3CNC[C@@H]32)c1Cl. The Bertz CT molecular complexity index is 1010. The molecule has 2 saturated heterocycles. The molecule has 2 atom stereocenters. The van der Waals surface area contributed by atoms with Crippen LogP contribution >= 0.6 is 23.2 Å². The lowest BCUT2D eigenvalue weighted by atomic mass is 9.91. The first-order valence-electron chi connectivity index (χ1n) is 9.10. The van der Waals surface area contributed by atoms with Gasteiger partial charge in [0, 0.05) is 49.9 Å². The Hall–Kier alpha value is -2.42. The molecule has 2 aliphatic rings. The zero-order valence-corrected chi connectivity index (χ0v) is 16.4. The maximum absolute atomic E-state index is 6.32. The van der Waals surface area contributed by atoms with Crippen molar-refractivity contribution in [3.8, 4) is 5.69 Å². The lowest BCUT2D eigenvalue weighted by Gasteiger charge is -2.45. The average Bonchev–Trinajstić information content (AvgIpc) is 3.30. The molecule has 2 fully saturated rings. The maximum atomic E-state index is 6.32. The average molecular weight is 417 g/mol. The normalized spacial score (nSPS) is 20.7. The van der Waals surface area contributed by atoms with Crippen molar-refractivity contribution in [2.75, 3.05) is 29.9 Å². The van der Waals surface area contributed by atoms with Crippen LogP contribution in [0.25, 0.3) is 5.69 Å². The minimum Gasteiger partial charge on any atom is -0.351 e. The van der Waals surface area contributed by atoms with Crippen LogP contribution in [0.3, 0.4) is 0 Å². The van der Waals surface area contributed by atoms with Gasteiger partial charge in [0.25, 0.3) is 0 Å². The molecule has 5 rings (SSSR count). The van der Waals surface area contributed by atoms with Gasteiger partial charge in [-0.3, -0.25) is 0 Å². The topological polar surface area (TPSA) is 83.8 Å². The zero-order chi connectivity index (χ0) is 19.1. The quantitative estimate of drug-likeness (QED) is 0.660. The number of nitrogens with zero attached hydrogens (tertiary/aromatic N) is 6. The fourth-order valence-electron chi connectivity index (χ4n) is 3.88. The van der Waals surface area contributed by atoms with Crippen LogP contribution in [-0.2, 0) is 6.54 Å². The molecule has 3 aromatic rings. The molecule has 2 aliphatic heterocycles. The van der Waals surface area contributed by atoms with E-state index in [9.17, 15) is 0 Å². The second kappa shape index (κ2) is 7.20. The summed E-state index contributed by atoms with van der Waals surface area (Å²) in [6.07, 6.45) is 1.84. The first kappa shape index (κ1) is 17.7. The van der Waals surface area contributed by atoms with E-state index in [2.05, 4.69) is 42.1 Å². The molecule has 144 valence electrons. The molecule has 1 aromatic carbocycles. The molecular weight excluding hydrogens is 399 g/mol. The van der Waals surface area contributed by atoms with Crippen molar-refractivity contribution in [2.45, 2.75) is 12.6 Å². The number of anilines is 2. The summed E-state index contributed by atoms with van der Waals surface area (Å²) in [6.45, 7) is 3.69. The molecule has 0 aliphatic carbocycles. The van der Waals surface area contributed by atoms with Gasteiger partial charge in [-0.1, -0.05) is 40.4 Å². The molecule has 0 bridgehead atoms. The minimum absolute atomic E-state index is 0.405. The number of nitrogens with one attached hydrogen (secondary N) is 2. The van der Waals surface area contributed by atoms with Gasteiger partial charge >= 0.3 is 0 Å². The number of hydrogen-bond acceptors (Lipinski definition) is 7. The molecule has 8 nitrogen and oxygen atoms in total. The summed E-state index contributed by atoms with van der Waals surface area (Å²) in [4.78, 5) is 7.00. The summed E-state index contributed by atoms with van der Waals surface area (Å²) >= 11 is 12.4. The van der Waals surface area contributed by atoms with E-state index in [0.717, 1.165) is 36.9 Å². The van der Waals surface area contributed by atoms with Crippen LogP contribution in [0.1, 0.15) is 5.56 Å². The van der Waals surface area contributed by atoms with Crippen LogP contribution < -0.4 is 15.5 Å². The highest BCUT2D eigenvalue weighted by atomic mass is 35.5. The molecule has 0 amide bonds. The lowest BCUT2D eigenvalue weighted by molar-refractivity contribution is 0.361. The number of fused-ring (bicyclic) bond motifs is 1. The summed E-state index contributed by atoms with van der Waals surface area (Å²) in [5, 5.41) is 19.5. The highest BCUT2D eigenvalue weighted by Gasteiger charge is 2.43. The van der Waals surface area contributed by atoms with E-state index in [1.54, 1.807) is 10.7 Å². The number of tetrazole rings is 1. The predicted molar refractivity (Wildman–Crippen MR) is 108 cm³/mol. The molecule has 10 heteroatoms. The zero-order valence-electron chi connectivity index (χ0n) is 14.9. The highest BCUT2D eigenvalue weighted by Crippen LogP contribution is 2.34. The van der Waals surface area contributed by atoms with E-state index in [-0.39, 0.29) is 0 Å². The monoisotopic (exact) mass is 416 g/mol. The molecule has 2 aromatic heterocycles. The number of halogens is 2. The molecular formula is C18H18Cl2N8. The van der Waals surface area contributed by atoms with Crippen LogP contribution in [0, 0.1) is 5.92 Å². The molecule has 0 spiro atoms. The third kappa shape index (κ3) is 2.97. The summed E-state index contributed by atoms with van der Waals surface area (Å²) in [6, 6.07) is 9.91. The third-order valence-corrected chi connectivity index (χ3v) is 6.15. The molecule has 28 heavy (non-hydrogen) atoms. The van der Waals surface area contributed by atoms with Gasteiger partial charge in [-0.25, -0.2) is 4.98 Å². The smallest absolute Gasteiger partial charge is 0.248 e. The van der Waals surface area contributed by atoms with Crippen LogP contribution in [0.2, 0.25) is 10.0 Å². The minimum atomic E-state index is 0.405. The lowest BCUT2D eigenvalue weighted by Crippen LogP contribution is -2.56. The third-order valence-electron chi connectivity index (χ3n) is 5.34. The fraction of sp³-hybridized carbons (Fsp3) is 0.333. The van der Waals surface area contributed by atoms with Crippen molar-refractivity contribution >= 4 is 35.0 Å². The summed E-state index contributed by atoms with van der Waals surface area (Å²) in [5.41, 5.74) is 1.72. The second-order valence-corrected chi connectivity index (χ2v) is 7.75. The number of rotatable bonds is 5. The van der Waals surface area contributed by atoms with E-state index in [4.69, 9.17) is 23.2 Å². The Labute approximate surface area is 171 Å². The molecule has 4 heterocycles. The largest absolute Gasteiger partial charge is 0.351 e. The summed E-state index contributed by atoms with van der Waals surface area (Å²) in [5.74, 6) is 2.22. The molecule has 0 radical (unpaired) electrons. The van der Waals surface area contributed by atoms with E-state index < -0.39 is 0 Å². The van der Waals surface area contributed by atoms with Crippen molar-refractivity contribution < 1.29 is 0 Å². The molecule has 2 N–H and O–H groups in total. The van der Waals surface area contributed by atoms with Crippen molar-refractivity contribution in [1.29, 1.82) is 0 Å². The van der Waals surface area contributed by atoms with E-state index in [0.29, 0.717) is 34.3 Å². The first-order valence-corrected chi connectivity index (χ1v) is 9.86. The van der Waals surface area contributed by atoms with Gasteiger partial charge in [0.1, 0.15) is 5.82 Å². The van der Waals surface area contributed by atoms with E-state index in [1.165, 1.54) is 0 Å². The number of pyridine rings is 1. The van der Waals surface area contributed by atoms with Gasteiger partial charge < -0.3 is 15.5 Å². The number of hydrogen-bond donors (Lipinski definition) is 2. The van der Waals surface area contributed by atoms with Gasteiger partial charge in [-0.2, -0.15) is 4.68 Å². The van der Waals surface area contributed by atoms with Crippen molar-refractivity contribution in [3.05, 3.63) is 52.1 Å². The van der Waals surface area contributed by atoms with Gasteiger partial charge in [-0.15, -0.1) is 0 Å². The Kier molecular flexibility index (Phi) is 4.54. The van der Waals surface area contributed by atoms with Crippen LogP contribution in [0.4, 0.5) is 11.8 Å². The standard InChI is InChI=1S/C18H18Cl2N8/c19-13-4-1-5-14(16(13)20)28-18(24-25-26-28)23-8-11-3-2-6-22-17(11)27-10-12-7-21-9-15(12)27/h1-6,12,15,21H,7-10H2,(H,23,24,26)/t12-,15-/m0/s1. The van der Waals surface area contributed by atoms with Crippen LogP contribution in [-0.4, -0.2) is 50.9 Å². The number of benzene rings is 1.